The van der Waals surface area contributed by atoms with E-state index in [1.165, 1.54) is 6.08 Å². The fraction of sp³-hybridized carbons (Fsp3) is 0.200. The van der Waals surface area contributed by atoms with Crippen LogP contribution in [-0.4, -0.2) is 27.4 Å². The maximum atomic E-state index is 12.0. The van der Waals surface area contributed by atoms with Gasteiger partial charge in [-0.2, -0.15) is 0 Å². The summed E-state index contributed by atoms with van der Waals surface area (Å²) in [7, 11) is 3.66. The molecule has 1 aromatic heterocycles. The van der Waals surface area contributed by atoms with Crippen molar-refractivity contribution in [3.8, 4) is 0 Å². The number of nitrogen functional groups attached to an aromatic ring is 1. The zero-order valence-electron chi connectivity index (χ0n) is 11.7. The molecule has 0 fully saturated rings. The molecule has 0 unspecified atom stereocenters. The van der Waals surface area contributed by atoms with Gasteiger partial charge >= 0.3 is 0 Å². The Morgan fingerprint density at radius 3 is 2.95 bits per heavy atom. The van der Waals surface area contributed by atoms with Gasteiger partial charge in [0.15, 0.2) is 0 Å². The van der Waals surface area contributed by atoms with Crippen LogP contribution in [0.15, 0.2) is 42.7 Å². The minimum Gasteiger partial charge on any atom is -0.399 e. The lowest BCUT2D eigenvalue weighted by atomic mass is 10.2. The monoisotopic (exact) mass is 270 g/mol. The first kappa shape index (κ1) is 13.9. The number of nitrogens with two attached hydrogens (primary N) is 1. The molecule has 20 heavy (non-hydrogen) atoms. The first-order valence-corrected chi connectivity index (χ1v) is 6.31. The van der Waals surface area contributed by atoms with Crippen molar-refractivity contribution < 1.29 is 4.79 Å². The second kappa shape index (κ2) is 6.06. The van der Waals surface area contributed by atoms with Gasteiger partial charge in [0.25, 0.3) is 0 Å². The highest BCUT2D eigenvalue weighted by Gasteiger charge is 2.08. The fourth-order valence-electron chi connectivity index (χ4n) is 1.80. The fourth-order valence-corrected chi connectivity index (χ4v) is 1.80. The zero-order chi connectivity index (χ0) is 14.5. The summed E-state index contributed by atoms with van der Waals surface area (Å²) >= 11 is 0. The predicted octanol–water partition coefficient (Wildman–Crippen LogP) is 1.67. The number of hydrogen-bond donors (Lipinski definition) is 1. The number of aromatic nitrogens is 2. The summed E-state index contributed by atoms with van der Waals surface area (Å²) in [6.07, 6.45) is 6.87. The Kier molecular flexibility index (Phi) is 4.20. The molecule has 2 N–H and O–H groups in total. The van der Waals surface area contributed by atoms with Crippen molar-refractivity contribution in [1.29, 1.82) is 0 Å². The lowest BCUT2D eigenvalue weighted by molar-refractivity contribution is -0.125. The Bertz CT molecular complexity index is 630. The van der Waals surface area contributed by atoms with Crippen molar-refractivity contribution in [1.82, 2.24) is 14.5 Å². The molecule has 1 aromatic carbocycles. The van der Waals surface area contributed by atoms with Crippen molar-refractivity contribution in [2.75, 3.05) is 12.8 Å². The first-order valence-electron chi connectivity index (χ1n) is 6.31. The van der Waals surface area contributed by atoms with E-state index in [0.29, 0.717) is 12.2 Å². The molecule has 0 aliphatic carbocycles. The summed E-state index contributed by atoms with van der Waals surface area (Å²) < 4.78 is 1.89. The van der Waals surface area contributed by atoms with Crippen molar-refractivity contribution in [3.05, 3.63) is 54.1 Å². The highest BCUT2D eigenvalue weighted by molar-refractivity contribution is 5.91. The molecule has 1 amide bonds. The summed E-state index contributed by atoms with van der Waals surface area (Å²) in [6, 6.07) is 7.39. The highest BCUT2D eigenvalue weighted by Crippen LogP contribution is 2.08. The van der Waals surface area contributed by atoms with E-state index in [4.69, 9.17) is 5.73 Å². The van der Waals surface area contributed by atoms with E-state index in [0.717, 1.165) is 11.4 Å². The van der Waals surface area contributed by atoms with Crippen LogP contribution >= 0.6 is 0 Å². The van der Waals surface area contributed by atoms with Gasteiger partial charge in [-0.25, -0.2) is 4.98 Å². The number of anilines is 1. The summed E-state index contributed by atoms with van der Waals surface area (Å²) in [5.74, 6) is 0.772. The van der Waals surface area contributed by atoms with Gasteiger partial charge in [-0.3, -0.25) is 4.79 Å². The second-order valence-corrected chi connectivity index (χ2v) is 4.65. The Balaban J connectivity index is 1.99. The molecular weight excluding hydrogens is 252 g/mol. The van der Waals surface area contributed by atoms with E-state index in [-0.39, 0.29) is 5.91 Å². The number of rotatable bonds is 4. The van der Waals surface area contributed by atoms with Crippen LogP contribution in [0.25, 0.3) is 6.08 Å². The molecule has 0 saturated carbocycles. The molecule has 5 heteroatoms. The van der Waals surface area contributed by atoms with E-state index in [1.54, 1.807) is 24.2 Å². The number of aryl methyl sites for hydroxylation is 1. The molecular formula is C15H18N4O. The van der Waals surface area contributed by atoms with E-state index >= 15 is 0 Å². The molecule has 0 saturated heterocycles. The number of likely N-dealkylation sites (N-methyl/N-ethyl adjacent to an activating group) is 1. The number of hydrogen-bond acceptors (Lipinski definition) is 3. The lowest BCUT2D eigenvalue weighted by Crippen LogP contribution is -2.25. The third-order valence-electron chi connectivity index (χ3n) is 3.00. The van der Waals surface area contributed by atoms with E-state index in [1.807, 2.05) is 42.1 Å². The summed E-state index contributed by atoms with van der Waals surface area (Å²) in [6.45, 7) is 0.476. The summed E-state index contributed by atoms with van der Waals surface area (Å²) in [4.78, 5) is 17.8. The molecule has 0 aliphatic heterocycles. The average Bonchev–Trinajstić information content (AvgIpc) is 2.81. The SMILES string of the molecule is CN(Cc1nccn1C)C(=O)/C=C/c1cccc(N)c1. The summed E-state index contributed by atoms with van der Waals surface area (Å²) in [5.41, 5.74) is 7.28. The molecule has 0 spiro atoms. The standard InChI is InChI=1S/C15H18N4O/c1-18-9-8-17-14(18)11-19(2)15(20)7-6-12-4-3-5-13(16)10-12/h3-10H,11,16H2,1-2H3/b7-6+. The predicted molar refractivity (Wildman–Crippen MR) is 79.6 cm³/mol. The molecule has 0 aliphatic rings. The Morgan fingerprint density at radius 2 is 2.30 bits per heavy atom. The van der Waals surface area contributed by atoms with Crippen molar-refractivity contribution in [2.45, 2.75) is 6.54 Å². The number of amides is 1. The number of nitrogens with zero attached hydrogens (tertiary/aromatic N) is 3. The minimum absolute atomic E-state index is 0.0737. The van der Waals surface area contributed by atoms with E-state index in [9.17, 15) is 4.79 Å². The van der Waals surface area contributed by atoms with Gasteiger partial charge in [0.1, 0.15) is 5.82 Å². The van der Waals surface area contributed by atoms with Crippen molar-refractivity contribution in [2.24, 2.45) is 7.05 Å². The number of carbonyl (C=O) groups is 1. The van der Waals surface area contributed by atoms with Gasteiger partial charge in [0.2, 0.25) is 5.91 Å². The third-order valence-corrected chi connectivity index (χ3v) is 3.00. The molecule has 104 valence electrons. The van der Waals surface area contributed by atoms with E-state index < -0.39 is 0 Å². The van der Waals surface area contributed by atoms with Gasteiger partial charge in [0.05, 0.1) is 6.54 Å². The van der Waals surface area contributed by atoms with Gasteiger partial charge in [-0.1, -0.05) is 12.1 Å². The zero-order valence-corrected chi connectivity index (χ0v) is 11.7. The van der Waals surface area contributed by atoms with Gasteiger partial charge < -0.3 is 15.2 Å². The normalized spacial score (nSPS) is 10.9. The van der Waals surface area contributed by atoms with Crippen LogP contribution < -0.4 is 5.73 Å². The molecule has 2 rings (SSSR count). The Morgan fingerprint density at radius 1 is 1.50 bits per heavy atom. The smallest absolute Gasteiger partial charge is 0.246 e. The van der Waals surface area contributed by atoms with Crippen LogP contribution in [-0.2, 0) is 18.4 Å². The van der Waals surface area contributed by atoms with Gasteiger partial charge in [-0.15, -0.1) is 0 Å². The van der Waals surface area contributed by atoms with Crippen LogP contribution in [0.4, 0.5) is 5.69 Å². The average molecular weight is 270 g/mol. The molecule has 0 bridgehead atoms. The van der Waals surface area contributed by atoms with Crippen molar-refractivity contribution >= 4 is 17.7 Å². The molecule has 5 nitrogen and oxygen atoms in total. The third kappa shape index (κ3) is 3.47. The quantitative estimate of drug-likeness (QED) is 0.679. The van der Waals surface area contributed by atoms with Crippen LogP contribution in [0.3, 0.4) is 0 Å². The number of imidazole rings is 1. The summed E-state index contributed by atoms with van der Waals surface area (Å²) in [5, 5.41) is 0. The molecule has 0 atom stereocenters. The maximum Gasteiger partial charge on any atom is 0.246 e. The molecule has 2 aromatic rings. The van der Waals surface area contributed by atoms with Crippen LogP contribution in [0.2, 0.25) is 0 Å². The Labute approximate surface area is 118 Å². The van der Waals surface area contributed by atoms with Crippen molar-refractivity contribution in [3.63, 3.8) is 0 Å². The molecule has 0 radical (unpaired) electrons. The lowest BCUT2D eigenvalue weighted by Gasteiger charge is -2.14. The van der Waals surface area contributed by atoms with E-state index in [2.05, 4.69) is 4.98 Å². The number of benzene rings is 1. The topological polar surface area (TPSA) is 64.2 Å². The Hall–Kier alpha value is -2.56. The first-order chi connectivity index (χ1) is 9.56. The minimum atomic E-state index is -0.0737. The van der Waals surface area contributed by atoms with Gasteiger partial charge in [0, 0.05) is 38.3 Å². The second-order valence-electron chi connectivity index (χ2n) is 4.65. The number of carbonyl (C=O) groups excluding carboxylic acids is 1. The maximum absolute atomic E-state index is 12.0. The van der Waals surface area contributed by atoms with Crippen LogP contribution in [0, 0.1) is 0 Å². The van der Waals surface area contributed by atoms with Gasteiger partial charge in [-0.05, 0) is 23.8 Å². The van der Waals surface area contributed by atoms with Crippen LogP contribution in [0.1, 0.15) is 11.4 Å². The highest BCUT2D eigenvalue weighted by atomic mass is 16.2. The largest absolute Gasteiger partial charge is 0.399 e. The molecule has 1 heterocycles. The van der Waals surface area contributed by atoms with Crippen LogP contribution in [0.5, 0.6) is 0 Å².